The van der Waals surface area contributed by atoms with Crippen LogP contribution < -0.4 is 15.4 Å². The smallest absolute Gasteiger partial charge is 0.235 e. The molecule has 1 aromatic rings. The van der Waals surface area contributed by atoms with Crippen LogP contribution in [-0.4, -0.2) is 85.5 Å². The maximum atomic E-state index is 14.1. The summed E-state index contributed by atoms with van der Waals surface area (Å²) in [4.78, 5) is 70.1. The Bertz CT molecular complexity index is 1240. The summed E-state index contributed by atoms with van der Waals surface area (Å²) in [6.45, 7) is 3.79. The second kappa shape index (κ2) is 9.59. The molecule has 6 atom stereocenters. The minimum atomic E-state index is -2.69. The van der Waals surface area contributed by atoms with Crippen molar-refractivity contribution in [2.24, 2.45) is 29.4 Å². The molecule has 0 heterocycles. The minimum Gasteiger partial charge on any atom is -0.488 e. The third-order valence-corrected chi connectivity index (χ3v) is 8.60. The number of primary amides is 1. The molecule has 0 aliphatic heterocycles. The summed E-state index contributed by atoms with van der Waals surface area (Å²) < 4.78 is 6.51. The SMILES string of the molecule is C=CCOc1c(I)cc(N(C)C)c2c1C(=O)C1C(=O)[C@]3(O)C(=O)C(C(N)=O)C(=O)[C@@H](N(C)C)[C@@H]3C[C@@H]1C2. The Kier molecular flexibility index (Phi) is 7.10. The van der Waals surface area contributed by atoms with Gasteiger partial charge in [0.25, 0.3) is 0 Å². The molecule has 0 bridgehead atoms. The summed E-state index contributed by atoms with van der Waals surface area (Å²) in [5.74, 6) is -9.40. The highest BCUT2D eigenvalue weighted by Gasteiger charge is 2.69. The standard InChI is InChI=1S/C26H30IN3O7/c1-6-7-37-22-14(27)10-15(29(2)3)12-8-11-9-13-19(30(4)5)21(32)18(25(28)35)24(34)26(13,36)23(33)16(11)20(31)17(12)22/h6,10-11,13,16,18-19,36H,1,7-9H2,2-5H3,(H2,28,35)/t11-,13-,16?,18?,19-,26-/m0/s1. The number of carbonyl (C=O) groups excluding carboxylic acids is 5. The number of likely N-dealkylation sites (N-methyl/N-ethyl adjacent to an activating group) is 1. The zero-order valence-electron chi connectivity index (χ0n) is 21.1. The molecular weight excluding hydrogens is 593 g/mol. The summed E-state index contributed by atoms with van der Waals surface area (Å²) in [5, 5.41) is 11.7. The minimum absolute atomic E-state index is 0.0611. The Morgan fingerprint density at radius 2 is 1.89 bits per heavy atom. The predicted molar refractivity (Wildman–Crippen MR) is 142 cm³/mol. The summed E-state index contributed by atoms with van der Waals surface area (Å²) in [6, 6.07) is 0.804. The zero-order valence-corrected chi connectivity index (χ0v) is 23.3. The third-order valence-electron chi connectivity index (χ3n) is 7.80. The van der Waals surface area contributed by atoms with E-state index in [9.17, 15) is 29.1 Å². The van der Waals surface area contributed by atoms with Crippen molar-refractivity contribution in [1.82, 2.24) is 4.90 Å². The first-order valence-electron chi connectivity index (χ1n) is 11.9. The van der Waals surface area contributed by atoms with Crippen molar-refractivity contribution >= 4 is 57.3 Å². The number of halogens is 1. The first-order chi connectivity index (χ1) is 17.3. The van der Waals surface area contributed by atoms with Gasteiger partial charge in [-0.15, -0.1) is 0 Å². The highest BCUT2D eigenvalue weighted by Crippen LogP contribution is 2.52. The van der Waals surface area contributed by atoms with E-state index in [0.29, 0.717) is 21.3 Å². The second-order valence-corrected chi connectivity index (χ2v) is 11.5. The monoisotopic (exact) mass is 623 g/mol. The van der Waals surface area contributed by atoms with Crippen LogP contribution in [0.25, 0.3) is 0 Å². The van der Waals surface area contributed by atoms with Gasteiger partial charge >= 0.3 is 0 Å². The number of carbonyl (C=O) groups is 5. The highest BCUT2D eigenvalue weighted by atomic mass is 127. The third kappa shape index (κ3) is 3.93. The van der Waals surface area contributed by atoms with Crippen molar-refractivity contribution in [3.8, 4) is 5.75 Å². The van der Waals surface area contributed by atoms with Crippen LogP contribution in [0.1, 0.15) is 22.3 Å². The summed E-state index contributed by atoms with van der Waals surface area (Å²) in [6.07, 6.45) is 1.91. The van der Waals surface area contributed by atoms with Gasteiger partial charge in [-0.1, -0.05) is 12.7 Å². The van der Waals surface area contributed by atoms with E-state index in [4.69, 9.17) is 10.5 Å². The molecule has 3 N–H and O–H groups in total. The lowest BCUT2D eigenvalue weighted by molar-refractivity contribution is -0.181. The van der Waals surface area contributed by atoms with Gasteiger partial charge in [-0.05, 0) is 67.1 Å². The van der Waals surface area contributed by atoms with Gasteiger partial charge in [0.15, 0.2) is 34.7 Å². The van der Waals surface area contributed by atoms with E-state index in [-0.39, 0.29) is 18.6 Å². The number of amides is 1. The summed E-state index contributed by atoms with van der Waals surface area (Å²) >= 11 is 2.06. The van der Waals surface area contributed by atoms with Crippen molar-refractivity contribution in [3.05, 3.63) is 33.4 Å². The van der Waals surface area contributed by atoms with Crippen LogP contribution >= 0.6 is 22.6 Å². The van der Waals surface area contributed by atoms with Gasteiger partial charge in [0.1, 0.15) is 12.4 Å². The van der Waals surface area contributed by atoms with E-state index < -0.39 is 64.4 Å². The Morgan fingerprint density at radius 3 is 2.43 bits per heavy atom. The molecule has 2 saturated carbocycles. The number of rotatable bonds is 6. The molecule has 2 fully saturated rings. The van der Waals surface area contributed by atoms with Crippen LogP contribution in [0.2, 0.25) is 0 Å². The zero-order chi connectivity index (χ0) is 27.6. The molecule has 37 heavy (non-hydrogen) atoms. The van der Waals surface area contributed by atoms with Crippen molar-refractivity contribution in [3.63, 3.8) is 0 Å². The van der Waals surface area contributed by atoms with Gasteiger partial charge in [-0.3, -0.25) is 28.9 Å². The van der Waals surface area contributed by atoms with Gasteiger partial charge in [-0.2, -0.15) is 0 Å². The number of nitrogens with zero attached hydrogens (tertiary/aromatic N) is 2. The first kappa shape index (κ1) is 27.4. The molecule has 11 heteroatoms. The molecule has 3 aliphatic rings. The molecular formula is C26H30IN3O7. The van der Waals surface area contributed by atoms with Gasteiger partial charge in [0.2, 0.25) is 5.91 Å². The molecule has 1 amide bonds. The van der Waals surface area contributed by atoms with E-state index >= 15 is 0 Å². The number of hydrogen-bond acceptors (Lipinski definition) is 9. The molecule has 0 aromatic heterocycles. The molecule has 0 spiro atoms. The lowest BCUT2D eigenvalue weighted by atomic mass is 9.52. The van der Waals surface area contributed by atoms with E-state index in [1.807, 2.05) is 25.1 Å². The van der Waals surface area contributed by atoms with Gasteiger partial charge in [0.05, 0.1) is 21.1 Å². The number of nitrogens with two attached hydrogens (primary N) is 1. The van der Waals surface area contributed by atoms with Crippen LogP contribution in [0.4, 0.5) is 5.69 Å². The largest absolute Gasteiger partial charge is 0.488 e. The Morgan fingerprint density at radius 1 is 1.24 bits per heavy atom. The van der Waals surface area contributed by atoms with Crippen LogP contribution in [0.3, 0.4) is 0 Å². The normalized spacial score (nSPS) is 30.9. The summed E-state index contributed by atoms with van der Waals surface area (Å²) in [5.41, 5.74) is 4.42. The maximum absolute atomic E-state index is 14.1. The van der Waals surface area contributed by atoms with Gasteiger partial charge in [0, 0.05) is 25.7 Å². The molecule has 4 rings (SSSR count). The van der Waals surface area contributed by atoms with Crippen molar-refractivity contribution in [2.75, 3.05) is 39.7 Å². The second-order valence-electron chi connectivity index (χ2n) is 10.3. The predicted octanol–water partition coefficient (Wildman–Crippen LogP) is 0.397. The first-order valence-corrected chi connectivity index (χ1v) is 13.0. The van der Waals surface area contributed by atoms with Crippen LogP contribution in [0, 0.1) is 27.2 Å². The Labute approximate surface area is 228 Å². The molecule has 198 valence electrons. The molecule has 0 radical (unpaired) electrons. The quantitative estimate of drug-likeness (QED) is 0.261. The maximum Gasteiger partial charge on any atom is 0.235 e. The molecule has 1 aromatic carbocycles. The van der Waals surface area contributed by atoms with Crippen molar-refractivity contribution in [1.29, 1.82) is 0 Å². The molecule has 2 unspecified atom stereocenters. The van der Waals surface area contributed by atoms with Gasteiger partial charge < -0.3 is 20.5 Å². The lowest BCUT2D eigenvalue weighted by Gasteiger charge is -2.52. The fourth-order valence-electron chi connectivity index (χ4n) is 6.29. The number of benzene rings is 1. The highest BCUT2D eigenvalue weighted by molar-refractivity contribution is 14.1. The number of hydrogen-bond donors (Lipinski definition) is 2. The number of ether oxygens (including phenoxy) is 1. The number of anilines is 1. The number of Topliss-reactive ketones (excluding diaryl/α,β-unsaturated/α-hetero) is 4. The van der Waals surface area contributed by atoms with Crippen LogP contribution in [-0.2, 0) is 25.6 Å². The average molecular weight is 623 g/mol. The number of ketones is 4. The molecule has 0 saturated heterocycles. The fourth-order valence-corrected chi connectivity index (χ4v) is 7.01. The van der Waals surface area contributed by atoms with Crippen molar-refractivity contribution in [2.45, 2.75) is 24.5 Å². The Hall–Kier alpha value is -2.64. The lowest BCUT2D eigenvalue weighted by Crippen LogP contribution is -2.74. The number of fused-ring (bicyclic) bond motifs is 3. The number of aliphatic hydroxyl groups is 1. The van der Waals surface area contributed by atoms with E-state index in [0.717, 1.165) is 5.69 Å². The Balaban J connectivity index is 1.91. The van der Waals surface area contributed by atoms with Crippen molar-refractivity contribution < 1.29 is 33.8 Å². The topological polar surface area (TPSA) is 147 Å². The van der Waals surface area contributed by atoms with Crippen LogP contribution in [0.5, 0.6) is 5.75 Å². The molecule has 10 nitrogen and oxygen atoms in total. The molecule has 3 aliphatic carbocycles. The van der Waals surface area contributed by atoms with Gasteiger partial charge in [-0.25, -0.2) is 0 Å². The summed E-state index contributed by atoms with van der Waals surface area (Å²) in [7, 11) is 6.84. The van der Waals surface area contributed by atoms with Crippen LogP contribution in [0.15, 0.2) is 18.7 Å². The average Bonchev–Trinajstić information content (AvgIpc) is 2.80. The van der Waals surface area contributed by atoms with E-state index in [2.05, 4.69) is 29.2 Å². The fraction of sp³-hybridized carbons (Fsp3) is 0.500. The van der Waals surface area contributed by atoms with E-state index in [1.165, 1.54) is 4.90 Å². The van der Waals surface area contributed by atoms with E-state index in [1.54, 1.807) is 20.2 Å².